The Hall–Kier alpha value is -0.630. The third-order valence-corrected chi connectivity index (χ3v) is 5.82. The number of ketones is 1. The summed E-state index contributed by atoms with van der Waals surface area (Å²) >= 11 is 1.71. The molecule has 2 aliphatic rings. The molecule has 17 heavy (non-hydrogen) atoms. The van der Waals surface area contributed by atoms with Crippen LogP contribution < -0.4 is 0 Å². The van der Waals surface area contributed by atoms with Crippen molar-refractivity contribution in [2.24, 2.45) is 17.8 Å². The van der Waals surface area contributed by atoms with E-state index in [2.05, 4.69) is 26.8 Å². The Morgan fingerprint density at radius 1 is 1.24 bits per heavy atom. The van der Waals surface area contributed by atoms with Crippen molar-refractivity contribution in [1.82, 2.24) is 0 Å². The molecular formula is C15H20OS. The van der Waals surface area contributed by atoms with Gasteiger partial charge in [-0.1, -0.05) is 27.2 Å². The summed E-state index contributed by atoms with van der Waals surface area (Å²) in [6.45, 7) is 6.62. The molecule has 0 radical (unpaired) electrons. The first-order chi connectivity index (χ1) is 7.98. The summed E-state index contributed by atoms with van der Waals surface area (Å²) in [6, 6.07) is 4.18. The van der Waals surface area contributed by atoms with Gasteiger partial charge in [-0.15, -0.1) is 11.3 Å². The van der Waals surface area contributed by atoms with Crippen molar-refractivity contribution in [1.29, 1.82) is 0 Å². The molecule has 0 bridgehead atoms. The highest BCUT2D eigenvalue weighted by Gasteiger charge is 2.56. The summed E-state index contributed by atoms with van der Waals surface area (Å²) in [5.41, 5.74) is 0.169. The molecule has 0 spiro atoms. The van der Waals surface area contributed by atoms with Crippen molar-refractivity contribution in [3.8, 4) is 0 Å². The van der Waals surface area contributed by atoms with Crippen LogP contribution in [0.15, 0.2) is 12.1 Å². The summed E-state index contributed by atoms with van der Waals surface area (Å²) in [5, 5.41) is 0. The van der Waals surface area contributed by atoms with Crippen LogP contribution in [-0.2, 0) is 5.41 Å². The molecule has 0 N–H and O–H groups in total. The van der Waals surface area contributed by atoms with Crippen molar-refractivity contribution in [2.75, 3.05) is 0 Å². The van der Waals surface area contributed by atoms with Gasteiger partial charge in [-0.05, 0) is 42.2 Å². The molecule has 2 fully saturated rings. The normalized spacial score (nSPS) is 31.4. The largest absolute Gasteiger partial charge is 0.293 e. The smallest absolute Gasteiger partial charge is 0.176 e. The predicted octanol–water partition coefficient (Wildman–Crippen LogP) is 4.27. The summed E-state index contributed by atoms with van der Waals surface area (Å²) in [4.78, 5) is 14.7. The molecule has 0 aliphatic heterocycles. The van der Waals surface area contributed by atoms with E-state index in [1.165, 1.54) is 24.1 Å². The lowest BCUT2D eigenvalue weighted by atomic mass is 9.95. The Morgan fingerprint density at radius 3 is 2.41 bits per heavy atom. The first-order valence-corrected chi connectivity index (χ1v) is 7.44. The zero-order valence-corrected chi connectivity index (χ0v) is 11.6. The van der Waals surface area contributed by atoms with Crippen LogP contribution in [0.1, 0.15) is 54.6 Å². The van der Waals surface area contributed by atoms with E-state index in [-0.39, 0.29) is 5.41 Å². The lowest BCUT2D eigenvalue weighted by Crippen LogP contribution is -2.08. The number of thiophene rings is 1. The molecule has 1 heterocycles. The highest BCUT2D eigenvalue weighted by Crippen LogP contribution is 2.58. The third kappa shape index (κ3) is 1.87. The molecule has 2 heteroatoms. The number of rotatable bonds is 2. The number of carbonyl (C=O) groups excluding carboxylic acids is 1. The fourth-order valence-corrected chi connectivity index (χ4v) is 4.30. The molecule has 0 aromatic carbocycles. The van der Waals surface area contributed by atoms with E-state index in [9.17, 15) is 4.79 Å². The maximum absolute atomic E-state index is 12.4. The van der Waals surface area contributed by atoms with Crippen LogP contribution in [0.5, 0.6) is 0 Å². The minimum atomic E-state index is 0.169. The molecule has 2 unspecified atom stereocenters. The number of hydrogen-bond donors (Lipinski definition) is 0. The lowest BCUT2D eigenvalue weighted by molar-refractivity contribution is 0.0955. The minimum Gasteiger partial charge on any atom is -0.293 e. The quantitative estimate of drug-likeness (QED) is 0.714. The summed E-state index contributed by atoms with van der Waals surface area (Å²) < 4.78 is 0. The first-order valence-electron chi connectivity index (χ1n) is 6.63. The van der Waals surface area contributed by atoms with E-state index in [0.717, 1.165) is 16.7 Å². The van der Waals surface area contributed by atoms with Gasteiger partial charge in [-0.3, -0.25) is 4.79 Å². The average molecular weight is 248 g/mol. The van der Waals surface area contributed by atoms with Crippen molar-refractivity contribution >= 4 is 17.1 Å². The van der Waals surface area contributed by atoms with E-state index in [4.69, 9.17) is 0 Å². The van der Waals surface area contributed by atoms with Gasteiger partial charge >= 0.3 is 0 Å². The van der Waals surface area contributed by atoms with E-state index in [0.29, 0.717) is 11.7 Å². The standard InChI is InChI=1S/C15H20OS/c1-15(2,3)12-8-7-11(17-12)14(16)13-9-5-4-6-10(9)13/h7-10,13H,4-6H2,1-3H3. The summed E-state index contributed by atoms with van der Waals surface area (Å²) in [7, 11) is 0. The van der Waals surface area contributed by atoms with Gasteiger partial charge in [-0.25, -0.2) is 0 Å². The topological polar surface area (TPSA) is 17.1 Å². The van der Waals surface area contributed by atoms with E-state index < -0.39 is 0 Å². The van der Waals surface area contributed by atoms with Gasteiger partial charge in [0, 0.05) is 10.8 Å². The Morgan fingerprint density at radius 2 is 1.88 bits per heavy atom. The molecular weight excluding hydrogens is 228 g/mol. The minimum absolute atomic E-state index is 0.169. The van der Waals surface area contributed by atoms with Crippen LogP contribution in [0.25, 0.3) is 0 Å². The van der Waals surface area contributed by atoms with Gasteiger partial charge < -0.3 is 0 Å². The van der Waals surface area contributed by atoms with Gasteiger partial charge in [0.1, 0.15) is 0 Å². The van der Waals surface area contributed by atoms with E-state index in [1.54, 1.807) is 11.3 Å². The maximum atomic E-state index is 12.4. The second kappa shape index (κ2) is 3.68. The second-order valence-corrected chi connectivity index (χ2v) is 7.65. The number of hydrogen-bond acceptors (Lipinski definition) is 2. The number of Topliss-reactive ketones (excluding diaryl/α,β-unsaturated/α-hetero) is 1. The zero-order valence-electron chi connectivity index (χ0n) is 10.8. The van der Waals surface area contributed by atoms with Crippen LogP contribution in [0.4, 0.5) is 0 Å². The lowest BCUT2D eigenvalue weighted by Gasteiger charge is -2.15. The van der Waals surface area contributed by atoms with Crippen LogP contribution in [-0.4, -0.2) is 5.78 Å². The SMILES string of the molecule is CC(C)(C)c1ccc(C(=O)C2C3CCCC32)s1. The van der Waals surface area contributed by atoms with Gasteiger partial charge in [0.2, 0.25) is 0 Å². The van der Waals surface area contributed by atoms with Crippen molar-refractivity contribution < 1.29 is 4.79 Å². The molecule has 92 valence electrons. The third-order valence-electron chi connectivity index (χ3n) is 4.30. The highest BCUT2D eigenvalue weighted by atomic mass is 32.1. The molecule has 2 saturated carbocycles. The average Bonchev–Trinajstić information content (AvgIpc) is 2.74. The first kappa shape index (κ1) is 11.5. The molecule has 1 aromatic heterocycles. The molecule has 2 aliphatic carbocycles. The monoisotopic (exact) mass is 248 g/mol. The molecule has 0 saturated heterocycles. The van der Waals surface area contributed by atoms with Crippen molar-refractivity contribution in [2.45, 2.75) is 45.4 Å². The highest BCUT2D eigenvalue weighted by molar-refractivity contribution is 7.14. The van der Waals surface area contributed by atoms with Crippen molar-refractivity contribution in [3.63, 3.8) is 0 Å². The number of fused-ring (bicyclic) bond motifs is 1. The predicted molar refractivity (Wildman–Crippen MR) is 71.7 cm³/mol. The Bertz CT molecular complexity index is 442. The van der Waals surface area contributed by atoms with Crippen LogP contribution in [0, 0.1) is 17.8 Å². The van der Waals surface area contributed by atoms with Crippen LogP contribution in [0.2, 0.25) is 0 Å². The molecule has 2 atom stereocenters. The van der Waals surface area contributed by atoms with Gasteiger partial charge in [0.15, 0.2) is 5.78 Å². The fourth-order valence-electron chi connectivity index (χ4n) is 3.25. The van der Waals surface area contributed by atoms with Crippen LogP contribution >= 0.6 is 11.3 Å². The Kier molecular flexibility index (Phi) is 2.48. The second-order valence-electron chi connectivity index (χ2n) is 6.56. The van der Waals surface area contributed by atoms with Gasteiger partial charge in [0.25, 0.3) is 0 Å². The molecule has 1 aromatic rings. The maximum Gasteiger partial charge on any atom is 0.176 e. The summed E-state index contributed by atoms with van der Waals surface area (Å²) in [5.74, 6) is 2.29. The number of carbonyl (C=O) groups is 1. The Labute approximate surface area is 107 Å². The van der Waals surface area contributed by atoms with Gasteiger partial charge in [0.05, 0.1) is 4.88 Å². The van der Waals surface area contributed by atoms with Gasteiger partial charge in [-0.2, -0.15) is 0 Å². The van der Waals surface area contributed by atoms with Crippen molar-refractivity contribution in [3.05, 3.63) is 21.9 Å². The Balaban J connectivity index is 1.77. The molecule has 0 amide bonds. The molecule has 1 nitrogen and oxygen atoms in total. The van der Waals surface area contributed by atoms with E-state index in [1.807, 2.05) is 6.07 Å². The molecule has 3 rings (SSSR count). The van der Waals surface area contributed by atoms with Crippen LogP contribution in [0.3, 0.4) is 0 Å². The zero-order chi connectivity index (χ0) is 12.2. The summed E-state index contributed by atoms with van der Waals surface area (Å²) in [6.07, 6.45) is 3.92. The van der Waals surface area contributed by atoms with E-state index >= 15 is 0 Å². The fraction of sp³-hybridized carbons (Fsp3) is 0.667.